The molecule has 2 N–H and O–H groups in total. The van der Waals surface area contributed by atoms with Crippen molar-refractivity contribution in [2.24, 2.45) is 11.7 Å². The number of allylic oxidation sites excluding steroid dienone is 1. The van der Waals surface area contributed by atoms with Crippen molar-refractivity contribution < 1.29 is 0 Å². The molecule has 0 amide bonds. The average Bonchev–Trinajstić information content (AvgIpc) is 3.01. The van der Waals surface area contributed by atoms with E-state index in [1.807, 2.05) is 56.4 Å². The predicted molar refractivity (Wildman–Crippen MR) is 179 cm³/mol. The lowest BCUT2D eigenvalue weighted by Crippen LogP contribution is -2.11. The van der Waals surface area contributed by atoms with Crippen molar-refractivity contribution >= 4 is 0 Å². The Morgan fingerprint density at radius 3 is 1.90 bits per heavy atom. The Bertz CT molecular complexity index is 1070. The molecule has 0 saturated heterocycles. The van der Waals surface area contributed by atoms with E-state index in [0.29, 0.717) is 11.8 Å². The van der Waals surface area contributed by atoms with Crippen LogP contribution >= 0.6 is 0 Å². The lowest BCUT2D eigenvalue weighted by atomic mass is 9.81. The fourth-order valence-corrected chi connectivity index (χ4v) is 4.53. The highest BCUT2D eigenvalue weighted by Crippen LogP contribution is 2.32. The van der Waals surface area contributed by atoms with Crippen molar-refractivity contribution in [2.45, 2.75) is 99.3 Å². The number of unbranched alkanes of at least 4 members (excludes halogenated alkanes) is 2. The molecule has 2 heteroatoms. The zero-order chi connectivity index (χ0) is 30.2. The minimum absolute atomic E-state index is 0.475. The minimum atomic E-state index is 0.475. The maximum absolute atomic E-state index is 4.61. The zero-order valence-corrected chi connectivity index (χ0v) is 26.8. The van der Waals surface area contributed by atoms with Crippen molar-refractivity contribution in [3.63, 3.8) is 0 Å². The minimum Gasteiger partial charge on any atom is -0.333 e. The Labute approximate surface area is 247 Å². The summed E-state index contributed by atoms with van der Waals surface area (Å²) in [4.78, 5) is 4.61. The quantitative estimate of drug-likeness (QED) is 0.205. The van der Waals surface area contributed by atoms with Gasteiger partial charge in [0.25, 0.3) is 0 Å². The molecule has 218 valence electrons. The van der Waals surface area contributed by atoms with Crippen LogP contribution in [-0.2, 0) is 12.8 Å². The van der Waals surface area contributed by atoms with Gasteiger partial charge >= 0.3 is 0 Å². The smallest absolute Gasteiger partial charge is 0.113 e. The molecular weight excluding hydrogens is 484 g/mol. The Morgan fingerprint density at radius 1 is 0.825 bits per heavy atom. The first-order chi connectivity index (χ1) is 19.5. The van der Waals surface area contributed by atoms with E-state index >= 15 is 0 Å². The molecule has 0 aliphatic rings. The van der Waals surface area contributed by atoms with Gasteiger partial charge in [0.15, 0.2) is 0 Å². The number of hydrogen-bond acceptors (Lipinski definition) is 2. The van der Waals surface area contributed by atoms with E-state index < -0.39 is 0 Å². The number of nitrogens with zero attached hydrogens (tertiary/aromatic N) is 1. The lowest BCUT2D eigenvalue weighted by molar-refractivity contribution is 0.440. The van der Waals surface area contributed by atoms with E-state index in [1.54, 1.807) is 0 Å². The summed E-state index contributed by atoms with van der Waals surface area (Å²) in [7, 11) is 1.50. The third kappa shape index (κ3) is 14.9. The molecule has 2 aromatic carbocycles. The molecule has 0 fully saturated rings. The van der Waals surface area contributed by atoms with E-state index in [1.165, 1.54) is 48.6 Å². The predicted octanol–water partition coefficient (Wildman–Crippen LogP) is 10.2. The first-order valence-electron chi connectivity index (χ1n) is 15.4. The SMILES string of the molecule is C=C(Cc1ccc(CC)cc1)C[C@H](C)[C@H](CC)c1ccc(C#Cc2ccccc2)nc1.CC.CCCCC.CN. The summed E-state index contributed by atoms with van der Waals surface area (Å²) in [6.45, 7) is 19.6. The fraction of sp³-hybridized carbons (Fsp3) is 0.447. The number of rotatable bonds is 10. The molecule has 0 bridgehead atoms. The van der Waals surface area contributed by atoms with Gasteiger partial charge in [0, 0.05) is 11.8 Å². The summed E-state index contributed by atoms with van der Waals surface area (Å²) < 4.78 is 0. The van der Waals surface area contributed by atoms with E-state index in [2.05, 4.69) is 94.1 Å². The van der Waals surface area contributed by atoms with Gasteiger partial charge in [-0.05, 0) is 85.4 Å². The average molecular weight is 541 g/mol. The summed E-state index contributed by atoms with van der Waals surface area (Å²) in [6, 6.07) is 23.2. The summed E-state index contributed by atoms with van der Waals surface area (Å²) in [5.74, 6) is 7.34. The van der Waals surface area contributed by atoms with Crippen LogP contribution in [0.3, 0.4) is 0 Å². The first kappa shape index (κ1) is 36.8. The van der Waals surface area contributed by atoms with Crippen molar-refractivity contribution in [1.82, 2.24) is 4.98 Å². The van der Waals surface area contributed by atoms with Gasteiger partial charge in [0.1, 0.15) is 5.69 Å². The van der Waals surface area contributed by atoms with Crippen LogP contribution in [0.5, 0.6) is 0 Å². The van der Waals surface area contributed by atoms with Gasteiger partial charge in [-0.3, -0.25) is 0 Å². The van der Waals surface area contributed by atoms with Crippen LogP contribution in [-0.4, -0.2) is 12.0 Å². The van der Waals surface area contributed by atoms with Crippen LogP contribution in [0.25, 0.3) is 0 Å². The number of pyridine rings is 1. The molecule has 3 aromatic rings. The van der Waals surface area contributed by atoms with Crippen LogP contribution in [0.1, 0.15) is 114 Å². The largest absolute Gasteiger partial charge is 0.333 e. The standard InChI is InChI=1S/C30H33N.C5H12.C2H6.CH5N/c1-5-25-12-14-27(15-13-25)21-23(3)20-24(4)30(6-2)28-17-19-29(31-22-28)18-16-26-10-8-7-9-11-26;1-3-5-4-2;2*1-2/h7-15,17,19,22,24,30H,3,5-6,20-21H2,1-2,4H3;3-5H2,1-2H3;1-2H3;2H2,1H3/t24-,30-;;;/m0.../s1. The second-order valence-corrected chi connectivity index (χ2v) is 9.74. The number of nitrogens with two attached hydrogens (primary N) is 1. The van der Waals surface area contributed by atoms with Gasteiger partial charge in [0.05, 0.1) is 0 Å². The van der Waals surface area contributed by atoms with Gasteiger partial charge in [-0.1, -0.05) is 134 Å². The Balaban J connectivity index is 0.00000150. The maximum atomic E-state index is 4.61. The molecule has 0 saturated carbocycles. The van der Waals surface area contributed by atoms with Crippen molar-refractivity contribution in [1.29, 1.82) is 0 Å². The number of aromatic nitrogens is 1. The van der Waals surface area contributed by atoms with Crippen molar-refractivity contribution in [2.75, 3.05) is 7.05 Å². The van der Waals surface area contributed by atoms with Gasteiger partial charge in [-0.2, -0.15) is 0 Å². The number of aryl methyl sites for hydroxylation is 1. The Hall–Kier alpha value is -3.15. The van der Waals surface area contributed by atoms with E-state index in [-0.39, 0.29) is 0 Å². The molecular formula is C38H56N2. The molecule has 0 spiro atoms. The van der Waals surface area contributed by atoms with E-state index in [0.717, 1.165) is 36.9 Å². The van der Waals surface area contributed by atoms with Gasteiger partial charge in [-0.15, -0.1) is 0 Å². The molecule has 40 heavy (non-hydrogen) atoms. The molecule has 1 heterocycles. The van der Waals surface area contributed by atoms with Gasteiger partial charge in [0.2, 0.25) is 0 Å². The second-order valence-electron chi connectivity index (χ2n) is 9.74. The van der Waals surface area contributed by atoms with Crippen LogP contribution in [0.4, 0.5) is 0 Å². The Morgan fingerprint density at radius 2 is 1.43 bits per heavy atom. The third-order valence-corrected chi connectivity index (χ3v) is 6.65. The molecule has 0 aliphatic heterocycles. The van der Waals surface area contributed by atoms with Crippen molar-refractivity contribution in [3.05, 3.63) is 113 Å². The topological polar surface area (TPSA) is 38.9 Å². The number of hydrogen-bond donors (Lipinski definition) is 1. The Kier molecular flexibility index (Phi) is 21.8. The third-order valence-electron chi connectivity index (χ3n) is 6.65. The normalized spacial score (nSPS) is 11.0. The monoisotopic (exact) mass is 540 g/mol. The van der Waals surface area contributed by atoms with E-state index in [9.17, 15) is 0 Å². The van der Waals surface area contributed by atoms with Crippen LogP contribution < -0.4 is 5.73 Å². The molecule has 0 radical (unpaired) electrons. The molecule has 0 unspecified atom stereocenters. The summed E-state index contributed by atoms with van der Waals surface area (Å²) in [5.41, 5.74) is 11.7. The van der Waals surface area contributed by atoms with Gasteiger partial charge < -0.3 is 5.73 Å². The maximum Gasteiger partial charge on any atom is 0.113 e. The second kappa shape index (κ2) is 23.7. The molecule has 2 atom stereocenters. The van der Waals surface area contributed by atoms with Crippen molar-refractivity contribution in [3.8, 4) is 11.8 Å². The summed E-state index contributed by atoms with van der Waals surface area (Å²) in [5, 5.41) is 0. The van der Waals surface area contributed by atoms with E-state index in [4.69, 9.17) is 0 Å². The summed E-state index contributed by atoms with van der Waals surface area (Å²) >= 11 is 0. The summed E-state index contributed by atoms with van der Waals surface area (Å²) in [6.07, 6.45) is 10.2. The first-order valence-corrected chi connectivity index (χ1v) is 15.4. The van der Waals surface area contributed by atoms with Crippen LogP contribution in [0.15, 0.2) is 85.1 Å². The molecule has 2 nitrogen and oxygen atoms in total. The molecule has 3 rings (SSSR count). The highest BCUT2D eigenvalue weighted by atomic mass is 14.7. The zero-order valence-electron chi connectivity index (χ0n) is 26.8. The van der Waals surface area contributed by atoms with Crippen LogP contribution in [0.2, 0.25) is 0 Å². The van der Waals surface area contributed by atoms with Crippen LogP contribution in [0, 0.1) is 17.8 Å². The fourth-order valence-electron chi connectivity index (χ4n) is 4.53. The number of benzene rings is 2. The highest BCUT2D eigenvalue weighted by molar-refractivity contribution is 5.40. The lowest BCUT2D eigenvalue weighted by Gasteiger charge is -2.24. The molecule has 1 aromatic heterocycles. The molecule has 0 aliphatic carbocycles. The van der Waals surface area contributed by atoms with Gasteiger partial charge in [-0.25, -0.2) is 4.98 Å². The highest BCUT2D eigenvalue weighted by Gasteiger charge is 2.19.